The Kier molecular flexibility index (Phi) is 5.24. The molecule has 2 rings (SSSR count). The summed E-state index contributed by atoms with van der Waals surface area (Å²) >= 11 is 5.72. The smallest absolute Gasteiger partial charge is 0.240 e. The Bertz CT molecular complexity index is 597. The molecule has 5 nitrogen and oxygen atoms in total. The molecule has 0 spiro atoms. The zero-order chi connectivity index (χ0) is 15.5. The largest absolute Gasteiger partial charge is 0.345 e. The zero-order valence-corrected chi connectivity index (χ0v) is 13.5. The third-order valence-electron chi connectivity index (χ3n) is 3.41. The summed E-state index contributed by atoms with van der Waals surface area (Å²) in [7, 11) is -1.83. The minimum atomic E-state index is -3.59. The first-order valence-corrected chi connectivity index (χ1v) is 8.74. The lowest BCUT2D eigenvalue weighted by atomic mass is 10.3. The van der Waals surface area contributed by atoms with Crippen LogP contribution in [-0.2, 0) is 14.8 Å². The van der Waals surface area contributed by atoms with E-state index in [-0.39, 0.29) is 23.8 Å². The molecule has 1 fully saturated rings. The summed E-state index contributed by atoms with van der Waals surface area (Å²) < 4.78 is 26.4. The summed E-state index contributed by atoms with van der Waals surface area (Å²) in [5.41, 5.74) is 0. The Balaban J connectivity index is 1.81. The molecule has 1 aliphatic rings. The van der Waals surface area contributed by atoms with Crippen LogP contribution < -0.4 is 4.72 Å². The van der Waals surface area contributed by atoms with Crippen LogP contribution in [0.2, 0.25) is 5.02 Å². The van der Waals surface area contributed by atoms with Crippen molar-refractivity contribution in [3.8, 4) is 0 Å². The maximum Gasteiger partial charge on any atom is 0.240 e. The molecule has 0 aliphatic heterocycles. The van der Waals surface area contributed by atoms with E-state index < -0.39 is 10.0 Å². The van der Waals surface area contributed by atoms with Gasteiger partial charge >= 0.3 is 0 Å². The van der Waals surface area contributed by atoms with E-state index in [1.54, 1.807) is 11.9 Å². The van der Waals surface area contributed by atoms with Gasteiger partial charge in [0.15, 0.2) is 0 Å². The number of amides is 1. The number of halogens is 1. The molecule has 7 heteroatoms. The quantitative estimate of drug-likeness (QED) is 0.830. The average molecular weight is 331 g/mol. The topological polar surface area (TPSA) is 66.5 Å². The zero-order valence-electron chi connectivity index (χ0n) is 11.9. The van der Waals surface area contributed by atoms with Gasteiger partial charge in [0.2, 0.25) is 15.9 Å². The summed E-state index contributed by atoms with van der Waals surface area (Å²) in [4.78, 5) is 13.7. The number of hydrogen-bond acceptors (Lipinski definition) is 3. The average Bonchev–Trinajstić information content (AvgIpc) is 3.22. The van der Waals surface area contributed by atoms with Gasteiger partial charge in [-0.05, 0) is 43.0 Å². The van der Waals surface area contributed by atoms with Crippen molar-refractivity contribution >= 4 is 27.5 Å². The van der Waals surface area contributed by atoms with E-state index in [4.69, 9.17) is 11.6 Å². The fourth-order valence-electron chi connectivity index (χ4n) is 1.97. The maximum atomic E-state index is 12.0. The van der Waals surface area contributed by atoms with Crippen LogP contribution in [0.5, 0.6) is 0 Å². The summed E-state index contributed by atoms with van der Waals surface area (Å²) in [6, 6.07) is 5.91. The van der Waals surface area contributed by atoms with Crippen LogP contribution in [0.3, 0.4) is 0 Å². The normalized spacial score (nSPS) is 15.0. The first-order chi connectivity index (χ1) is 9.88. The van der Waals surface area contributed by atoms with Crippen molar-refractivity contribution in [2.24, 2.45) is 5.92 Å². The SMILES string of the molecule is CN(CC1CC1)C(=O)CCNS(=O)(=O)c1ccc(Cl)cc1. The Labute approximate surface area is 130 Å². The number of nitrogens with one attached hydrogen (secondary N) is 1. The molecule has 0 heterocycles. The van der Waals surface area contributed by atoms with Crippen molar-refractivity contribution in [2.45, 2.75) is 24.2 Å². The second-order valence-corrected chi connectivity index (χ2v) is 7.52. The molecule has 0 unspecified atom stereocenters. The fraction of sp³-hybridized carbons (Fsp3) is 0.500. The third kappa shape index (κ3) is 4.98. The first kappa shape index (κ1) is 16.3. The molecule has 0 saturated heterocycles. The number of hydrogen-bond donors (Lipinski definition) is 1. The van der Waals surface area contributed by atoms with Crippen LogP contribution in [-0.4, -0.2) is 39.4 Å². The Hall–Kier alpha value is -1.11. The standard InChI is InChI=1S/C14H19ClN2O3S/c1-17(10-11-2-3-11)14(18)8-9-16-21(19,20)13-6-4-12(15)5-7-13/h4-7,11,16H,2-3,8-10H2,1H3. The van der Waals surface area contributed by atoms with Gasteiger partial charge in [0.1, 0.15) is 0 Å². The van der Waals surface area contributed by atoms with Crippen LogP contribution >= 0.6 is 11.6 Å². The molecular weight excluding hydrogens is 312 g/mol. The van der Waals surface area contributed by atoms with Crippen LogP contribution in [0.15, 0.2) is 29.2 Å². The molecule has 1 aromatic carbocycles. The van der Waals surface area contributed by atoms with Crippen molar-refractivity contribution < 1.29 is 13.2 Å². The number of rotatable bonds is 7. The van der Waals surface area contributed by atoms with Gasteiger partial charge in [-0.25, -0.2) is 13.1 Å². The number of sulfonamides is 1. The van der Waals surface area contributed by atoms with E-state index in [1.807, 2.05) is 0 Å². The number of carbonyl (C=O) groups excluding carboxylic acids is 1. The molecule has 0 radical (unpaired) electrons. The highest BCUT2D eigenvalue weighted by atomic mass is 35.5. The summed E-state index contributed by atoms with van der Waals surface area (Å²) in [6.45, 7) is 0.863. The van der Waals surface area contributed by atoms with Gasteiger partial charge in [0.25, 0.3) is 0 Å². The van der Waals surface area contributed by atoms with E-state index in [2.05, 4.69) is 4.72 Å². The van der Waals surface area contributed by atoms with E-state index in [1.165, 1.54) is 37.1 Å². The molecule has 116 valence electrons. The number of nitrogens with zero attached hydrogens (tertiary/aromatic N) is 1. The fourth-order valence-corrected chi connectivity index (χ4v) is 3.13. The maximum absolute atomic E-state index is 12.0. The van der Waals surface area contributed by atoms with E-state index in [0.717, 1.165) is 6.54 Å². The minimum absolute atomic E-state index is 0.0410. The van der Waals surface area contributed by atoms with Crippen LogP contribution in [0.25, 0.3) is 0 Å². The second-order valence-electron chi connectivity index (χ2n) is 5.32. The minimum Gasteiger partial charge on any atom is -0.345 e. The van der Waals surface area contributed by atoms with E-state index >= 15 is 0 Å². The molecule has 0 atom stereocenters. The second kappa shape index (κ2) is 6.77. The van der Waals surface area contributed by atoms with Gasteiger partial charge in [-0.1, -0.05) is 11.6 Å². The highest BCUT2D eigenvalue weighted by Gasteiger charge is 2.24. The van der Waals surface area contributed by atoms with E-state index in [0.29, 0.717) is 10.9 Å². The molecular formula is C14H19ClN2O3S. The molecule has 1 N–H and O–H groups in total. The lowest BCUT2D eigenvalue weighted by Crippen LogP contribution is -2.33. The van der Waals surface area contributed by atoms with Gasteiger partial charge in [-0.15, -0.1) is 0 Å². The van der Waals surface area contributed by atoms with Gasteiger partial charge in [-0.2, -0.15) is 0 Å². The molecule has 1 aromatic rings. The number of carbonyl (C=O) groups is 1. The summed E-state index contributed by atoms with van der Waals surface area (Å²) in [6.07, 6.45) is 2.53. The molecule has 0 bridgehead atoms. The Morgan fingerprint density at radius 1 is 1.33 bits per heavy atom. The molecule has 21 heavy (non-hydrogen) atoms. The van der Waals surface area contributed by atoms with Crippen molar-refractivity contribution in [3.63, 3.8) is 0 Å². The predicted molar refractivity (Wildman–Crippen MR) is 81.6 cm³/mol. The molecule has 1 aliphatic carbocycles. The van der Waals surface area contributed by atoms with Crippen molar-refractivity contribution in [1.29, 1.82) is 0 Å². The molecule has 1 saturated carbocycles. The summed E-state index contributed by atoms with van der Waals surface area (Å²) in [5.74, 6) is 0.588. The monoisotopic (exact) mass is 330 g/mol. The van der Waals surface area contributed by atoms with Gasteiger partial charge in [-0.3, -0.25) is 4.79 Å². The first-order valence-electron chi connectivity index (χ1n) is 6.87. The third-order valence-corrected chi connectivity index (χ3v) is 5.14. The molecule has 1 amide bonds. The van der Waals surface area contributed by atoms with E-state index in [9.17, 15) is 13.2 Å². The van der Waals surface area contributed by atoms with Crippen molar-refractivity contribution in [2.75, 3.05) is 20.1 Å². The predicted octanol–water partition coefficient (Wildman–Crippen LogP) is 1.88. The van der Waals surface area contributed by atoms with Crippen LogP contribution in [0.4, 0.5) is 0 Å². The van der Waals surface area contributed by atoms with Crippen LogP contribution in [0.1, 0.15) is 19.3 Å². The Morgan fingerprint density at radius 3 is 2.52 bits per heavy atom. The van der Waals surface area contributed by atoms with Gasteiger partial charge in [0, 0.05) is 31.6 Å². The van der Waals surface area contributed by atoms with Crippen molar-refractivity contribution in [3.05, 3.63) is 29.3 Å². The van der Waals surface area contributed by atoms with Gasteiger partial charge in [0.05, 0.1) is 4.90 Å². The lowest BCUT2D eigenvalue weighted by Gasteiger charge is -2.16. The summed E-state index contributed by atoms with van der Waals surface area (Å²) in [5, 5.41) is 0.478. The van der Waals surface area contributed by atoms with Crippen LogP contribution in [0, 0.1) is 5.92 Å². The lowest BCUT2D eigenvalue weighted by molar-refractivity contribution is -0.129. The Morgan fingerprint density at radius 2 is 1.95 bits per heavy atom. The van der Waals surface area contributed by atoms with Gasteiger partial charge < -0.3 is 4.90 Å². The van der Waals surface area contributed by atoms with Crippen molar-refractivity contribution in [1.82, 2.24) is 9.62 Å². The number of benzene rings is 1. The highest BCUT2D eigenvalue weighted by molar-refractivity contribution is 7.89. The molecule has 0 aromatic heterocycles. The highest BCUT2D eigenvalue weighted by Crippen LogP contribution is 2.29.